The molecule has 0 saturated heterocycles. The molecule has 0 aliphatic carbocycles. The lowest BCUT2D eigenvalue weighted by molar-refractivity contribution is -0.122. The van der Waals surface area contributed by atoms with Crippen LogP contribution in [0.4, 0.5) is 0 Å². The summed E-state index contributed by atoms with van der Waals surface area (Å²) in [5.41, 5.74) is 6.45. The van der Waals surface area contributed by atoms with Crippen molar-refractivity contribution < 1.29 is 23.8 Å². The van der Waals surface area contributed by atoms with Gasteiger partial charge >= 0.3 is 0 Å². The quantitative estimate of drug-likeness (QED) is 0.640. The van der Waals surface area contributed by atoms with E-state index in [4.69, 9.17) is 19.9 Å². The molecule has 0 fully saturated rings. The summed E-state index contributed by atoms with van der Waals surface area (Å²) in [5, 5.41) is 10.6. The number of hydrogen-bond donors (Lipinski definition) is 2. The van der Waals surface area contributed by atoms with Gasteiger partial charge in [-0.05, 0) is 19.1 Å². The molecule has 0 radical (unpaired) electrons. The van der Waals surface area contributed by atoms with E-state index >= 15 is 0 Å². The number of nitrogens with zero attached hydrogens (tertiary/aromatic N) is 3. The highest BCUT2D eigenvalue weighted by Gasteiger charge is 2.19. The third kappa shape index (κ3) is 3.91. The van der Waals surface area contributed by atoms with Crippen molar-refractivity contribution in [2.45, 2.75) is 6.92 Å². The van der Waals surface area contributed by atoms with Gasteiger partial charge in [-0.25, -0.2) is 4.68 Å². The van der Waals surface area contributed by atoms with Crippen LogP contribution in [0.1, 0.15) is 16.2 Å². The molecule has 3 N–H and O–H groups in total. The first kappa shape index (κ1) is 17.7. The Morgan fingerprint density at radius 2 is 2.08 bits per heavy atom. The van der Waals surface area contributed by atoms with E-state index in [1.54, 1.807) is 23.7 Å². The standard InChI is InChI=1S/C16H19N5O5/c1-10-15(16(23)18-4-5-24-9-14(17)22)19-20-21(10)11-2-3-12-13(8-11)26-7-6-25-12/h2-3,8H,4-7,9H2,1H3,(H2,17,22)(H,18,23). The highest BCUT2D eigenvalue weighted by atomic mass is 16.6. The van der Waals surface area contributed by atoms with E-state index in [-0.39, 0.29) is 31.4 Å². The van der Waals surface area contributed by atoms with Gasteiger partial charge in [-0.15, -0.1) is 5.10 Å². The van der Waals surface area contributed by atoms with Crippen molar-refractivity contribution in [2.75, 3.05) is 33.0 Å². The second-order valence-electron chi connectivity index (χ2n) is 5.54. The Kier molecular flexibility index (Phi) is 5.32. The number of aromatic nitrogens is 3. The number of carbonyl (C=O) groups excluding carboxylic acids is 2. The zero-order valence-electron chi connectivity index (χ0n) is 14.2. The summed E-state index contributed by atoms with van der Waals surface area (Å²) < 4.78 is 17.6. The number of carbonyl (C=O) groups is 2. The van der Waals surface area contributed by atoms with E-state index in [0.717, 1.165) is 0 Å². The number of fused-ring (bicyclic) bond motifs is 1. The molecule has 0 atom stereocenters. The van der Waals surface area contributed by atoms with Gasteiger partial charge in [0.05, 0.1) is 18.0 Å². The van der Waals surface area contributed by atoms with Crippen molar-refractivity contribution in [1.82, 2.24) is 20.3 Å². The Hall–Kier alpha value is -3.14. The number of hydrogen-bond acceptors (Lipinski definition) is 7. The summed E-state index contributed by atoms with van der Waals surface area (Å²) >= 11 is 0. The van der Waals surface area contributed by atoms with Crippen molar-refractivity contribution in [3.05, 3.63) is 29.6 Å². The monoisotopic (exact) mass is 361 g/mol. The van der Waals surface area contributed by atoms with E-state index in [1.807, 2.05) is 6.07 Å². The Labute approximate surface area is 149 Å². The largest absolute Gasteiger partial charge is 0.486 e. The molecule has 2 heterocycles. The molecule has 0 spiro atoms. The fraction of sp³-hybridized carbons (Fsp3) is 0.375. The smallest absolute Gasteiger partial charge is 0.273 e. The third-order valence-corrected chi connectivity index (χ3v) is 3.66. The van der Waals surface area contributed by atoms with Crippen LogP contribution in [0.3, 0.4) is 0 Å². The molecule has 0 bridgehead atoms. The van der Waals surface area contributed by atoms with Crippen LogP contribution in [0.5, 0.6) is 11.5 Å². The van der Waals surface area contributed by atoms with Crippen LogP contribution >= 0.6 is 0 Å². The molecule has 1 aromatic carbocycles. The first-order valence-corrected chi connectivity index (χ1v) is 8.03. The molecular weight excluding hydrogens is 342 g/mol. The summed E-state index contributed by atoms with van der Waals surface area (Å²) in [4.78, 5) is 22.8. The molecule has 2 amide bonds. The summed E-state index contributed by atoms with van der Waals surface area (Å²) in [5.74, 6) is 0.358. The molecule has 10 nitrogen and oxygen atoms in total. The minimum absolute atomic E-state index is 0.171. The van der Waals surface area contributed by atoms with Gasteiger partial charge in [0.1, 0.15) is 19.8 Å². The SMILES string of the molecule is Cc1c(C(=O)NCCOCC(N)=O)nnn1-c1ccc2c(c1)OCCO2. The molecule has 10 heteroatoms. The number of nitrogens with one attached hydrogen (secondary N) is 1. The van der Waals surface area contributed by atoms with Crippen molar-refractivity contribution in [3.63, 3.8) is 0 Å². The van der Waals surface area contributed by atoms with E-state index in [9.17, 15) is 9.59 Å². The molecule has 1 aliphatic heterocycles. The highest BCUT2D eigenvalue weighted by Crippen LogP contribution is 2.32. The van der Waals surface area contributed by atoms with Crippen LogP contribution in [0.15, 0.2) is 18.2 Å². The van der Waals surface area contributed by atoms with E-state index in [2.05, 4.69) is 15.6 Å². The lowest BCUT2D eigenvalue weighted by Crippen LogP contribution is -2.29. The van der Waals surface area contributed by atoms with Gasteiger partial charge < -0.3 is 25.3 Å². The Morgan fingerprint density at radius 1 is 1.31 bits per heavy atom. The normalized spacial score (nSPS) is 12.7. The van der Waals surface area contributed by atoms with Gasteiger partial charge in [0.25, 0.3) is 5.91 Å². The summed E-state index contributed by atoms with van der Waals surface area (Å²) in [6.07, 6.45) is 0. The van der Waals surface area contributed by atoms with Gasteiger partial charge in [-0.1, -0.05) is 5.21 Å². The van der Waals surface area contributed by atoms with Gasteiger partial charge in [-0.3, -0.25) is 9.59 Å². The first-order chi connectivity index (χ1) is 12.6. The molecule has 3 rings (SSSR count). The Bertz CT molecular complexity index is 819. The van der Waals surface area contributed by atoms with Gasteiger partial charge in [0.15, 0.2) is 17.2 Å². The highest BCUT2D eigenvalue weighted by molar-refractivity contribution is 5.93. The molecule has 26 heavy (non-hydrogen) atoms. The zero-order valence-corrected chi connectivity index (χ0v) is 14.2. The van der Waals surface area contributed by atoms with E-state index in [1.165, 1.54) is 0 Å². The topological polar surface area (TPSA) is 131 Å². The van der Waals surface area contributed by atoms with Crippen molar-refractivity contribution >= 4 is 11.8 Å². The molecule has 0 saturated carbocycles. The third-order valence-electron chi connectivity index (χ3n) is 3.66. The van der Waals surface area contributed by atoms with Crippen LogP contribution in [-0.4, -0.2) is 59.8 Å². The fourth-order valence-corrected chi connectivity index (χ4v) is 2.44. The first-order valence-electron chi connectivity index (χ1n) is 8.03. The van der Waals surface area contributed by atoms with E-state index in [0.29, 0.717) is 36.1 Å². The number of ether oxygens (including phenoxy) is 3. The Morgan fingerprint density at radius 3 is 2.85 bits per heavy atom. The van der Waals surface area contributed by atoms with Crippen LogP contribution in [0.2, 0.25) is 0 Å². The molecular formula is C16H19N5O5. The maximum atomic E-state index is 12.2. The summed E-state index contributed by atoms with van der Waals surface area (Å²) in [7, 11) is 0. The average Bonchev–Trinajstić information content (AvgIpc) is 3.02. The number of rotatable bonds is 7. The number of amides is 2. The average molecular weight is 361 g/mol. The van der Waals surface area contributed by atoms with Crippen molar-refractivity contribution in [1.29, 1.82) is 0 Å². The van der Waals surface area contributed by atoms with Gasteiger partial charge in [-0.2, -0.15) is 0 Å². The summed E-state index contributed by atoms with van der Waals surface area (Å²) in [6, 6.07) is 5.39. The van der Waals surface area contributed by atoms with Crippen molar-refractivity contribution in [3.8, 4) is 17.2 Å². The minimum Gasteiger partial charge on any atom is -0.486 e. The molecule has 138 valence electrons. The maximum Gasteiger partial charge on any atom is 0.273 e. The lowest BCUT2D eigenvalue weighted by atomic mass is 10.2. The zero-order chi connectivity index (χ0) is 18.5. The fourth-order valence-electron chi connectivity index (χ4n) is 2.44. The predicted molar refractivity (Wildman–Crippen MR) is 89.4 cm³/mol. The molecule has 1 aliphatic rings. The van der Waals surface area contributed by atoms with Crippen LogP contribution < -0.4 is 20.5 Å². The maximum absolute atomic E-state index is 12.2. The summed E-state index contributed by atoms with van der Waals surface area (Å²) in [6.45, 7) is 2.96. The second kappa shape index (κ2) is 7.83. The number of nitrogens with two attached hydrogens (primary N) is 1. The second-order valence-corrected chi connectivity index (χ2v) is 5.54. The predicted octanol–water partition coefficient (Wildman–Crippen LogP) is -0.421. The molecule has 0 unspecified atom stereocenters. The van der Waals surface area contributed by atoms with Gasteiger partial charge in [0.2, 0.25) is 5.91 Å². The van der Waals surface area contributed by atoms with Crippen LogP contribution in [0, 0.1) is 6.92 Å². The Balaban J connectivity index is 1.66. The number of benzene rings is 1. The van der Waals surface area contributed by atoms with Crippen LogP contribution in [-0.2, 0) is 9.53 Å². The van der Waals surface area contributed by atoms with Gasteiger partial charge in [0, 0.05) is 12.6 Å². The van der Waals surface area contributed by atoms with Crippen molar-refractivity contribution in [2.24, 2.45) is 5.73 Å². The molecule has 2 aromatic rings. The minimum atomic E-state index is -0.561. The van der Waals surface area contributed by atoms with Crippen LogP contribution in [0.25, 0.3) is 5.69 Å². The molecule has 1 aromatic heterocycles. The lowest BCUT2D eigenvalue weighted by Gasteiger charge is -2.18. The van der Waals surface area contributed by atoms with E-state index < -0.39 is 5.91 Å². The number of primary amides is 1.